The standard InChI is InChI=1S/C11H18N2S/c1-7-4-5-8-9(6-7)14-10(13-8)11(2,3)12/h7H,4-6,12H2,1-3H3. The summed E-state index contributed by atoms with van der Waals surface area (Å²) in [5.41, 5.74) is 7.09. The fourth-order valence-electron chi connectivity index (χ4n) is 1.82. The molecule has 0 aliphatic heterocycles. The van der Waals surface area contributed by atoms with Crippen molar-refractivity contribution in [2.75, 3.05) is 0 Å². The summed E-state index contributed by atoms with van der Waals surface area (Å²) in [5, 5.41) is 1.09. The number of nitrogens with two attached hydrogens (primary N) is 1. The van der Waals surface area contributed by atoms with Gasteiger partial charge in [0.2, 0.25) is 0 Å². The van der Waals surface area contributed by atoms with Gasteiger partial charge < -0.3 is 5.73 Å². The maximum Gasteiger partial charge on any atom is 0.112 e. The Labute approximate surface area is 89.5 Å². The second kappa shape index (κ2) is 3.31. The summed E-state index contributed by atoms with van der Waals surface area (Å²) in [6.07, 6.45) is 3.62. The van der Waals surface area contributed by atoms with E-state index in [1.54, 1.807) is 0 Å². The lowest BCUT2D eigenvalue weighted by Crippen LogP contribution is -2.28. The van der Waals surface area contributed by atoms with E-state index in [2.05, 4.69) is 11.9 Å². The Balaban J connectivity index is 2.32. The molecule has 0 radical (unpaired) electrons. The molecule has 1 atom stereocenters. The molecule has 1 aliphatic carbocycles. The van der Waals surface area contributed by atoms with Crippen molar-refractivity contribution in [2.45, 2.75) is 45.6 Å². The average molecular weight is 210 g/mol. The van der Waals surface area contributed by atoms with Crippen LogP contribution < -0.4 is 5.73 Å². The monoisotopic (exact) mass is 210 g/mol. The van der Waals surface area contributed by atoms with Gasteiger partial charge in [-0.05, 0) is 39.0 Å². The molecule has 0 fully saturated rings. The van der Waals surface area contributed by atoms with Crippen molar-refractivity contribution >= 4 is 11.3 Å². The lowest BCUT2D eigenvalue weighted by Gasteiger charge is -2.15. The summed E-state index contributed by atoms with van der Waals surface area (Å²) in [5.74, 6) is 0.816. The van der Waals surface area contributed by atoms with Crippen LogP contribution in [-0.2, 0) is 18.4 Å². The Morgan fingerprint density at radius 3 is 2.86 bits per heavy atom. The van der Waals surface area contributed by atoms with Crippen LogP contribution in [0.3, 0.4) is 0 Å². The van der Waals surface area contributed by atoms with Crippen molar-refractivity contribution in [1.82, 2.24) is 4.98 Å². The molecule has 2 nitrogen and oxygen atoms in total. The Bertz CT molecular complexity index is 336. The zero-order valence-corrected chi connectivity index (χ0v) is 9.95. The van der Waals surface area contributed by atoms with Gasteiger partial charge in [0.15, 0.2) is 0 Å². The highest BCUT2D eigenvalue weighted by atomic mass is 32.1. The average Bonchev–Trinajstić information content (AvgIpc) is 2.45. The first kappa shape index (κ1) is 10.1. The molecule has 1 heterocycles. The van der Waals surface area contributed by atoms with E-state index >= 15 is 0 Å². The minimum absolute atomic E-state index is 0.273. The van der Waals surface area contributed by atoms with Gasteiger partial charge in [0.25, 0.3) is 0 Å². The largest absolute Gasteiger partial charge is 0.320 e. The van der Waals surface area contributed by atoms with Gasteiger partial charge in [-0.25, -0.2) is 4.98 Å². The highest BCUT2D eigenvalue weighted by Gasteiger charge is 2.25. The lowest BCUT2D eigenvalue weighted by atomic mass is 9.93. The highest BCUT2D eigenvalue weighted by molar-refractivity contribution is 7.11. The summed E-state index contributed by atoms with van der Waals surface area (Å²) in [7, 11) is 0. The molecule has 78 valence electrons. The molecule has 0 aromatic carbocycles. The highest BCUT2D eigenvalue weighted by Crippen LogP contribution is 2.33. The quantitative estimate of drug-likeness (QED) is 0.773. The summed E-state index contributed by atoms with van der Waals surface area (Å²) in [4.78, 5) is 6.12. The first-order valence-corrected chi connectivity index (χ1v) is 6.06. The third kappa shape index (κ3) is 1.84. The van der Waals surface area contributed by atoms with Gasteiger partial charge in [-0.2, -0.15) is 0 Å². The first-order valence-electron chi connectivity index (χ1n) is 5.25. The van der Waals surface area contributed by atoms with Crippen LogP contribution in [0.4, 0.5) is 0 Å². The number of rotatable bonds is 1. The first-order chi connectivity index (χ1) is 6.47. The lowest BCUT2D eigenvalue weighted by molar-refractivity contribution is 0.498. The summed E-state index contributed by atoms with van der Waals surface area (Å²) in [6, 6.07) is 0. The molecular formula is C11H18N2S. The van der Waals surface area contributed by atoms with Crippen molar-refractivity contribution in [1.29, 1.82) is 0 Å². The molecule has 3 heteroatoms. The maximum atomic E-state index is 6.05. The summed E-state index contributed by atoms with van der Waals surface area (Å²) in [6.45, 7) is 6.37. The van der Waals surface area contributed by atoms with Crippen molar-refractivity contribution in [3.8, 4) is 0 Å². The normalized spacial score (nSPS) is 22.1. The number of thiazole rings is 1. The van der Waals surface area contributed by atoms with Crippen LogP contribution in [0.25, 0.3) is 0 Å². The Morgan fingerprint density at radius 2 is 2.21 bits per heavy atom. The third-order valence-electron chi connectivity index (χ3n) is 2.74. The second-order valence-corrected chi connectivity index (χ2v) is 6.04. The molecule has 2 N–H and O–H groups in total. The van der Waals surface area contributed by atoms with E-state index in [0.29, 0.717) is 0 Å². The molecular weight excluding hydrogens is 192 g/mol. The van der Waals surface area contributed by atoms with Gasteiger partial charge in [0.1, 0.15) is 5.01 Å². The number of fused-ring (bicyclic) bond motifs is 1. The molecule has 0 amide bonds. The van der Waals surface area contributed by atoms with Crippen LogP contribution >= 0.6 is 11.3 Å². The number of hydrogen-bond donors (Lipinski definition) is 1. The van der Waals surface area contributed by atoms with Gasteiger partial charge in [0, 0.05) is 4.88 Å². The number of aromatic nitrogens is 1. The molecule has 1 aromatic rings. The van der Waals surface area contributed by atoms with E-state index in [-0.39, 0.29) is 5.54 Å². The predicted molar refractivity (Wildman–Crippen MR) is 60.5 cm³/mol. The molecule has 0 saturated heterocycles. The van der Waals surface area contributed by atoms with Crippen LogP contribution in [0.5, 0.6) is 0 Å². The van der Waals surface area contributed by atoms with Crippen molar-refractivity contribution in [2.24, 2.45) is 11.7 Å². The van der Waals surface area contributed by atoms with Crippen LogP contribution in [0.1, 0.15) is 42.8 Å². The third-order valence-corrected chi connectivity index (χ3v) is 4.20. The molecule has 1 unspecified atom stereocenters. The molecule has 14 heavy (non-hydrogen) atoms. The smallest absolute Gasteiger partial charge is 0.112 e. The van der Waals surface area contributed by atoms with E-state index in [1.807, 2.05) is 25.2 Å². The van der Waals surface area contributed by atoms with Crippen molar-refractivity contribution in [3.63, 3.8) is 0 Å². The van der Waals surface area contributed by atoms with E-state index < -0.39 is 0 Å². The summed E-state index contributed by atoms with van der Waals surface area (Å²) < 4.78 is 0. The zero-order chi connectivity index (χ0) is 10.3. The molecule has 1 aromatic heterocycles. The molecule has 0 bridgehead atoms. The Morgan fingerprint density at radius 1 is 1.50 bits per heavy atom. The Hall–Kier alpha value is -0.410. The van der Waals surface area contributed by atoms with Crippen molar-refractivity contribution in [3.05, 3.63) is 15.6 Å². The zero-order valence-electron chi connectivity index (χ0n) is 9.13. The van der Waals surface area contributed by atoms with Crippen LogP contribution in [-0.4, -0.2) is 4.98 Å². The van der Waals surface area contributed by atoms with Gasteiger partial charge >= 0.3 is 0 Å². The van der Waals surface area contributed by atoms with E-state index in [0.717, 1.165) is 17.3 Å². The van der Waals surface area contributed by atoms with Gasteiger partial charge in [-0.15, -0.1) is 11.3 Å². The molecule has 2 rings (SSSR count). The van der Waals surface area contributed by atoms with Crippen LogP contribution in [0.2, 0.25) is 0 Å². The minimum Gasteiger partial charge on any atom is -0.320 e. The molecule has 0 spiro atoms. The van der Waals surface area contributed by atoms with E-state index in [1.165, 1.54) is 23.4 Å². The number of aryl methyl sites for hydroxylation is 1. The number of nitrogens with zero attached hydrogens (tertiary/aromatic N) is 1. The van der Waals surface area contributed by atoms with Crippen LogP contribution in [0.15, 0.2) is 0 Å². The topological polar surface area (TPSA) is 38.9 Å². The summed E-state index contributed by atoms with van der Waals surface area (Å²) >= 11 is 1.81. The SMILES string of the molecule is CC1CCc2nc(C(C)(C)N)sc2C1. The molecule has 0 saturated carbocycles. The van der Waals surface area contributed by atoms with Gasteiger partial charge in [-0.1, -0.05) is 6.92 Å². The van der Waals surface area contributed by atoms with Gasteiger partial charge in [0.05, 0.1) is 11.2 Å². The van der Waals surface area contributed by atoms with Crippen LogP contribution in [0, 0.1) is 5.92 Å². The van der Waals surface area contributed by atoms with Gasteiger partial charge in [-0.3, -0.25) is 0 Å². The van der Waals surface area contributed by atoms with Crippen molar-refractivity contribution < 1.29 is 0 Å². The fraction of sp³-hybridized carbons (Fsp3) is 0.727. The van der Waals surface area contributed by atoms with E-state index in [4.69, 9.17) is 5.73 Å². The fourth-order valence-corrected chi connectivity index (χ4v) is 3.10. The second-order valence-electron chi connectivity index (χ2n) is 4.96. The molecule has 1 aliphatic rings. The number of hydrogen-bond acceptors (Lipinski definition) is 3. The maximum absolute atomic E-state index is 6.05. The predicted octanol–water partition coefficient (Wildman–Crippen LogP) is 2.46. The Kier molecular flexibility index (Phi) is 2.40. The minimum atomic E-state index is -0.273. The van der Waals surface area contributed by atoms with E-state index in [9.17, 15) is 0 Å².